The van der Waals surface area contributed by atoms with E-state index >= 15 is 0 Å². The van der Waals surface area contributed by atoms with Crippen LogP contribution in [0.3, 0.4) is 0 Å². The number of phenolic OH excluding ortho intramolecular Hbond substituents is 1. The van der Waals surface area contributed by atoms with E-state index < -0.39 is 0 Å². The van der Waals surface area contributed by atoms with Crippen LogP contribution in [0.5, 0.6) is 11.5 Å². The molecule has 1 atom stereocenters. The average Bonchev–Trinajstić information content (AvgIpc) is 3.13. The second-order valence-corrected chi connectivity index (χ2v) is 10.5. The van der Waals surface area contributed by atoms with Crippen LogP contribution < -0.4 is 4.74 Å². The summed E-state index contributed by atoms with van der Waals surface area (Å²) in [6.45, 7) is 12.2. The van der Waals surface area contributed by atoms with Gasteiger partial charge >= 0.3 is 5.97 Å². The number of carbonyl (C=O) groups excluding carboxylic acids is 2. The summed E-state index contributed by atoms with van der Waals surface area (Å²) in [5, 5.41) is 10.8. The number of aromatic hydroxyl groups is 1. The maximum Gasteiger partial charge on any atom is 0.310 e. The van der Waals surface area contributed by atoms with Gasteiger partial charge in [0.25, 0.3) is 0 Å². The van der Waals surface area contributed by atoms with E-state index in [9.17, 15) is 14.7 Å². The molecule has 0 spiro atoms. The molecule has 1 unspecified atom stereocenters. The van der Waals surface area contributed by atoms with Gasteiger partial charge in [0.1, 0.15) is 11.5 Å². The van der Waals surface area contributed by atoms with Crippen LogP contribution in [-0.2, 0) is 21.5 Å². The van der Waals surface area contributed by atoms with Crippen molar-refractivity contribution in [2.45, 2.75) is 59.4 Å². The lowest BCUT2D eigenvalue weighted by atomic mass is 9.86. The van der Waals surface area contributed by atoms with Crippen molar-refractivity contribution in [1.82, 2.24) is 4.90 Å². The maximum atomic E-state index is 13.3. The van der Waals surface area contributed by atoms with Gasteiger partial charge in [-0.25, -0.2) is 0 Å². The number of aryl methyl sites for hydroxylation is 1. The molecule has 0 bridgehead atoms. The van der Waals surface area contributed by atoms with E-state index in [4.69, 9.17) is 9.47 Å². The Hall–Kier alpha value is -3.12. The average molecular weight is 478 g/mol. The molecule has 1 saturated heterocycles. The Morgan fingerprint density at radius 1 is 1.26 bits per heavy atom. The van der Waals surface area contributed by atoms with Crippen LogP contribution in [-0.4, -0.2) is 41.5 Å². The number of ether oxygens (including phenoxy) is 2. The van der Waals surface area contributed by atoms with E-state index in [1.807, 2.05) is 26.0 Å². The van der Waals surface area contributed by atoms with Crippen LogP contribution in [0.2, 0.25) is 0 Å². The minimum atomic E-state index is -0.182. The van der Waals surface area contributed by atoms with Crippen molar-refractivity contribution in [1.29, 1.82) is 0 Å². The van der Waals surface area contributed by atoms with E-state index in [-0.39, 0.29) is 34.6 Å². The zero-order valence-corrected chi connectivity index (χ0v) is 21.3. The second-order valence-electron chi connectivity index (χ2n) is 10.5. The van der Waals surface area contributed by atoms with Gasteiger partial charge < -0.3 is 14.6 Å². The number of likely N-dealkylation sites (tertiary alicyclic amines) is 1. The number of hydrogen-bond donors (Lipinski definition) is 1. The van der Waals surface area contributed by atoms with Crippen LogP contribution in [0.1, 0.15) is 73.1 Å². The Bertz CT molecular complexity index is 1160. The molecule has 2 aromatic carbocycles. The Morgan fingerprint density at radius 2 is 1.97 bits per heavy atom. The molecule has 6 heteroatoms. The molecule has 6 nitrogen and oxygen atoms in total. The highest BCUT2D eigenvalue weighted by Gasteiger charge is 2.35. The SMILES string of the molecule is CCOC(=O)C1CCCN(Cc2c(O)cc(C)c3c2O/C(=C\c2ccc(C(C)(C)C)cc2)C3=O)C1. The van der Waals surface area contributed by atoms with Crippen molar-refractivity contribution in [3.8, 4) is 11.5 Å². The number of phenols is 1. The van der Waals surface area contributed by atoms with E-state index in [0.29, 0.717) is 42.1 Å². The van der Waals surface area contributed by atoms with Gasteiger partial charge in [0.05, 0.1) is 23.7 Å². The van der Waals surface area contributed by atoms with Gasteiger partial charge in [0, 0.05) is 13.1 Å². The van der Waals surface area contributed by atoms with Crippen molar-refractivity contribution >= 4 is 17.8 Å². The van der Waals surface area contributed by atoms with Crippen LogP contribution >= 0.6 is 0 Å². The van der Waals surface area contributed by atoms with Crippen molar-refractivity contribution in [2.75, 3.05) is 19.7 Å². The Balaban J connectivity index is 1.59. The Labute approximate surface area is 207 Å². The first-order valence-corrected chi connectivity index (χ1v) is 12.4. The largest absolute Gasteiger partial charge is 0.507 e. The van der Waals surface area contributed by atoms with Crippen LogP contribution in [0, 0.1) is 12.8 Å². The molecule has 1 fully saturated rings. The number of esters is 1. The third kappa shape index (κ3) is 5.27. The molecule has 1 N–H and O–H groups in total. The van der Waals surface area contributed by atoms with Crippen molar-refractivity contribution in [3.63, 3.8) is 0 Å². The summed E-state index contributed by atoms with van der Waals surface area (Å²) in [7, 11) is 0. The fraction of sp³-hybridized carbons (Fsp3) is 0.448. The third-order valence-corrected chi connectivity index (χ3v) is 6.80. The molecule has 2 aromatic rings. The topological polar surface area (TPSA) is 76.1 Å². The van der Waals surface area contributed by atoms with Crippen LogP contribution in [0.15, 0.2) is 36.1 Å². The number of Topliss-reactive ketones (excluding diaryl/α,β-unsaturated/α-hetero) is 1. The molecule has 2 aliphatic rings. The first kappa shape index (κ1) is 25.0. The fourth-order valence-corrected chi connectivity index (χ4v) is 4.84. The number of rotatable bonds is 5. The maximum absolute atomic E-state index is 13.3. The number of ketones is 1. The highest BCUT2D eigenvalue weighted by molar-refractivity contribution is 6.15. The van der Waals surface area contributed by atoms with E-state index in [2.05, 4.69) is 37.8 Å². The van der Waals surface area contributed by atoms with Crippen molar-refractivity contribution < 1.29 is 24.2 Å². The number of hydrogen-bond acceptors (Lipinski definition) is 6. The lowest BCUT2D eigenvalue weighted by Crippen LogP contribution is -2.39. The minimum Gasteiger partial charge on any atom is -0.507 e. The highest BCUT2D eigenvalue weighted by atomic mass is 16.5. The third-order valence-electron chi connectivity index (χ3n) is 6.80. The lowest BCUT2D eigenvalue weighted by molar-refractivity contribution is -0.150. The van der Waals surface area contributed by atoms with Gasteiger partial charge in [-0.1, -0.05) is 45.0 Å². The first-order chi connectivity index (χ1) is 16.6. The van der Waals surface area contributed by atoms with E-state index in [0.717, 1.165) is 24.9 Å². The summed E-state index contributed by atoms with van der Waals surface area (Å²) in [4.78, 5) is 27.6. The fourth-order valence-electron chi connectivity index (χ4n) is 4.84. The molecule has 186 valence electrons. The first-order valence-electron chi connectivity index (χ1n) is 12.4. The summed E-state index contributed by atoms with van der Waals surface area (Å²) in [6, 6.07) is 9.74. The second kappa shape index (κ2) is 9.86. The zero-order valence-electron chi connectivity index (χ0n) is 21.3. The number of allylic oxidation sites excluding steroid dienone is 1. The number of piperidine rings is 1. The summed E-state index contributed by atoms with van der Waals surface area (Å²) in [6.07, 6.45) is 3.42. The molecule has 2 aliphatic heterocycles. The normalized spacial score (nSPS) is 19.5. The zero-order chi connectivity index (χ0) is 25.3. The molecule has 0 radical (unpaired) electrons. The number of nitrogens with zero attached hydrogens (tertiary/aromatic N) is 1. The van der Waals surface area contributed by atoms with Crippen LogP contribution in [0.25, 0.3) is 6.08 Å². The molecule has 0 amide bonds. The van der Waals surface area contributed by atoms with Gasteiger partial charge in [-0.2, -0.15) is 0 Å². The van der Waals surface area contributed by atoms with E-state index in [1.54, 1.807) is 12.1 Å². The quantitative estimate of drug-likeness (QED) is 0.460. The molecular formula is C29H35NO5. The molecule has 0 saturated carbocycles. The molecule has 35 heavy (non-hydrogen) atoms. The van der Waals surface area contributed by atoms with Gasteiger partial charge in [0.2, 0.25) is 5.78 Å². The summed E-state index contributed by atoms with van der Waals surface area (Å²) < 4.78 is 11.3. The van der Waals surface area contributed by atoms with Gasteiger partial charge in [-0.15, -0.1) is 0 Å². The van der Waals surface area contributed by atoms with Crippen LogP contribution in [0.4, 0.5) is 0 Å². The predicted octanol–water partition coefficient (Wildman–Crippen LogP) is 5.39. The monoisotopic (exact) mass is 477 g/mol. The predicted molar refractivity (Wildman–Crippen MR) is 136 cm³/mol. The Kier molecular flexibility index (Phi) is 7.04. The highest BCUT2D eigenvalue weighted by Crippen LogP contribution is 2.42. The minimum absolute atomic E-state index is 0.0475. The lowest BCUT2D eigenvalue weighted by Gasteiger charge is -2.31. The molecule has 0 aliphatic carbocycles. The van der Waals surface area contributed by atoms with Crippen molar-refractivity contribution in [2.24, 2.45) is 5.92 Å². The standard InChI is InChI=1S/C29H35NO5/c1-6-34-28(33)20-8-7-13-30(16-20)17-22-23(31)14-18(2)25-26(32)24(35-27(22)25)15-19-9-11-21(12-10-19)29(3,4)5/h9-12,14-15,20,31H,6-8,13,16-17H2,1-5H3/b24-15-. The molecule has 0 aromatic heterocycles. The number of carbonyl (C=O) groups is 2. The summed E-state index contributed by atoms with van der Waals surface area (Å²) in [5.41, 5.74) is 3.90. The van der Waals surface area contributed by atoms with Gasteiger partial charge in [-0.3, -0.25) is 14.5 Å². The molecular weight excluding hydrogens is 442 g/mol. The molecule has 4 rings (SSSR count). The molecule has 2 heterocycles. The van der Waals surface area contributed by atoms with Gasteiger partial charge in [-0.05, 0) is 67.5 Å². The summed E-state index contributed by atoms with van der Waals surface area (Å²) in [5.74, 6) is 0.234. The van der Waals surface area contributed by atoms with E-state index in [1.165, 1.54) is 5.56 Å². The summed E-state index contributed by atoms with van der Waals surface area (Å²) >= 11 is 0. The van der Waals surface area contributed by atoms with Gasteiger partial charge in [0.15, 0.2) is 5.76 Å². The number of benzene rings is 2. The Morgan fingerprint density at radius 3 is 2.63 bits per heavy atom. The number of fused-ring (bicyclic) bond motifs is 1. The van der Waals surface area contributed by atoms with Crippen molar-refractivity contribution in [3.05, 3.63) is 63.9 Å². The smallest absolute Gasteiger partial charge is 0.310 e.